The molecular formula is C14H17ClN4O2. The number of aromatic nitrogens is 2. The van der Waals surface area contributed by atoms with Gasteiger partial charge in [-0.3, -0.25) is 9.59 Å². The van der Waals surface area contributed by atoms with Crippen molar-refractivity contribution in [2.75, 3.05) is 25.0 Å². The fourth-order valence-electron chi connectivity index (χ4n) is 2.25. The van der Waals surface area contributed by atoms with Gasteiger partial charge in [0.2, 0.25) is 5.91 Å². The maximum absolute atomic E-state index is 12.1. The number of nitrogens with zero attached hydrogens (tertiary/aromatic N) is 3. The van der Waals surface area contributed by atoms with Gasteiger partial charge in [-0.05, 0) is 12.8 Å². The minimum atomic E-state index is -0.380. The molecule has 1 saturated heterocycles. The molecule has 0 radical (unpaired) electrons. The molecule has 0 spiro atoms. The topological polar surface area (TPSA) is 67.2 Å². The van der Waals surface area contributed by atoms with Crippen molar-refractivity contribution in [2.45, 2.75) is 25.8 Å². The third-order valence-corrected chi connectivity index (χ3v) is 3.62. The van der Waals surface area contributed by atoms with Gasteiger partial charge in [-0.2, -0.15) is 5.10 Å². The first-order valence-electron chi connectivity index (χ1n) is 6.84. The Kier molecular flexibility index (Phi) is 5.23. The van der Waals surface area contributed by atoms with E-state index < -0.39 is 0 Å². The third kappa shape index (κ3) is 3.76. The zero-order valence-electron chi connectivity index (χ0n) is 11.6. The Morgan fingerprint density at radius 2 is 2.19 bits per heavy atom. The molecule has 0 aromatic carbocycles. The van der Waals surface area contributed by atoms with Crippen molar-refractivity contribution in [3.63, 3.8) is 0 Å². The molecule has 0 aliphatic carbocycles. The SMILES string of the molecule is C#CCn1ncc(Cl)c(NCCC(=O)N2CCCC2)c1=O. The largest absolute Gasteiger partial charge is 0.379 e. The summed E-state index contributed by atoms with van der Waals surface area (Å²) in [5.41, 5.74) is -0.148. The minimum Gasteiger partial charge on any atom is -0.379 e. The molecule has 0 saturated carbocycles. The number of anilines is 1. The molecule has 0 unspecified atom stereocenters. The highest BCUT2D eigenvalue weighted by atomic mass is 35.5. The van der Waals surface area contributed by atoms with Gasteiger partial charge < -0.3 is 10.2 Å². The lowest BCUT2D eigenvalue weighted by Crippen LogP contribution is -2.30. The molecule has 2 rings (SSSR count). The van der Waals surface area contributed by atoms with Gasteiger partial charge in [-0.1, -0.05) is 17.5 Å². The van der Waals surface area contributed by atoms with Crippen molar-refractivity contribution in [3.05, 3.63) is 21.6 Å². The lowest BCUT2D eigenvalue weighted by atomic mass is 10.3. The summed E-state index contributed by atoms with van der Waals surface area (Å²) in [4.78, 5) is 25.8. The Morgan fingerprint density at radius 1 is 1.48 bits per heavy atom. The molecule has 1 aromatic rings. The summed E-state index contributed by atoms with van der Waals surface area (Å²) in [5.74, 6) is 2.44. The first kappa shape index (κ1) is 15.4. The second-order valence-corrected chi connectivity index (χ2v) is 5.21. The summed E-state index contributed by atoms with van der Waals surface area (Å²) < 4.78 is 1.15. The zero-order chi connectivity index (χ0) is 15.2. The van der Waals surface area contributed by atoms with Crippen LogP contribution >= 0.6 is 11.6 Å². The second-order valence-electron chi connectivity index (χ2n) is 4.80. The van der Waals surface area contributed by atoms with Crippen molar-refractivity contribution < 1.29 is 4.79 Å². The fourth-order valence-corrected chi connectivity index (χ4v) is 2.44. The van der Waals surface area contributed by atoms with E-state index in [1.807, 2.05) is 4.90 Å². The van der Waals surface area contributed by atoms with Crippen LogP contribution in [-0.2, 0) is 11.3 Å². The van der Waals surface area contributed by atoms with E-state index in [4.69, 9.17) is 18.0 Å². The quantitative estimate of drug-likeness (QED) is 0.823. The summed E-state index contributed by atoms with van der Waals surface area (Å²) >= 11 is 5.96. The number of hydrogen-bond donors (Lipinski definition) is 1. The molecular weight excluding hydrogens is 292 g/mol. The molecule has 1 aromatic heterocycles. The predicted octanol–water partition coefficient (Wildman–Crippen LogP) is 0.954. The number of terminal acetylenes is 1. The van der Waals surface area contributed by atoms with Gasteiger partial charge in [0, 0.05) is 26.1 Å². The highest BCUT2D eigenvalue weighted by Gasteiger charge is 2.17. The van der Waals surface area contributed by atoms with Gasteiger partial charge in [0.05, 0.1) is 11.2 Å². The average molecular weight is 309 g/mol. The number of amides is 1. The van der Waals surface area contributed by atoms with Gasteiger partial charge >= 0.3 is 0 Å². The molecule has 1 amide bonds. The summed E-state index contributed by atoms with van der Waals surface area (Å²) in [5, 5.41) is 6.99. The van der Waals surface area contributed by atoms with E-state index in [9.17, 15) is 9.59 Å². The van der Waals surface area contributed by atoms with Crippen molar-refractivity contribution in [1.82, 2.24) is 14.7 Å². The maximum Gasteiger partial charge on any atom is 0.292 e. The average Bonchev–Trinajstić information content (AvgIpc) is 3.00. The Hall–Kier alpha value is -2.00. The molecule has 1 N–H and O–H groups in total. The van der Waals surface area contributed by atoms with Crippen LogP contribution in [-0.4, -0.2) is 40.2 Å². The van der Waals surface area contributed by atoms with E-state index in [1.54, 1.807) is 0 Å². The van der Waals surface area contributed by atoms with Gasteiger partial charge in [0.15, 0.2) is 0 Å². The molecule has 7 heteroatoms. The van der Waals surface area contributed by atoms with Crippen LogP contribution in [0, 0.1) is 12.3 Å². The monoisotopic (exact) mass is 308 g/mol. The number of carbonyl (C=O) groups excluding carboxylic acids is 1. The van der Waals surface area contributed by atoms with Crippen LogP contribution in [0.15, 0.2) is 11.0 Å². The molecule has 112 valence electrons. The van der Waals surface area contributed by atoms with Crippen LogP contribution in [0.25, 0.3) is 0 Å². The van der Waals surface area contributed by atoms with Crippen LogP contribution in [0.5, 0.6) is 0 Å². The van der Waals surface area contributed by atoms with Gasteiger partial charge in [-0.25, -0.2) is 4.68 Å². The fraction of sp³-hybridized carbons (Fsp3) is 0.500. The zero-order valence-corrected chi connectivity index (χ0v) is 12.4. The lowest BCUT2D eigenvalue weighted by Gasteiger charge is -2.15. The van der Waals surface area contributed by atoms with Gasteiger partial charge in [0.25, 0.3) is 5.56 Å². The highest BCUT2D eigenvalue weighted by Crippen LogP contribution is 2.15. The van der Waals surface area contributed by atoms with Gasteiger partial charge in [-0.15, -0.1) is 6.42 Å². The molecule has 0 atom stereocenters. The molecule has 2 heterocycles. The molecule has 6 nitrogen and oxygen atoms in total. The van der Waals surface area contributed by atoms with E-state index in [2.05, 4.69) is 16.3 Å². The highest BCUT2D eigenvalue weighted by molar-refractivity contribution is 6.33. The minimum absolute atomic E-state index is 0.0807. The number of rotatable bonds is 5. The van der Waals surface area contributed by atoms with Gasteiger partial charge in [0.1, 0.15) is 12.2 Å². The van der Waals surface area contributed by atoms with Crippen LogP contribution < -0.4 is 10.9 Å². The Morgan fingerprint density at radius 3 is 2.86 bits per heavy atom. The van der Waals surface area contributed by atoms with Crippen LogP contribution in [0.4, 0.5) is 5.69 Å². The van der Waals surface area contributed by atoms with Crippen LogP contribution in [0.2, 0.25) is 5.02 Å². The molecule has 21 heavy (non-hydrogen) atoms. The van der Waals surface area contributed by atoms with E-state index >= 15 is 0 Å². The number of hydrogen-bond acceptors (Lipinski definition) is 4. The van der Waals surface area contributed by atoms with Crippen LogP contribution in [0.1, 0.15) is 19.3 Å². The summed E-state index contributed by atoms with van der Waals surface area (Å²) in [6.45, 7) is 2.08. The van der Waals surface area contributed by atoms with Crippen LogP contribution in [0.3, 0.4) is 0 Å². The van der Waals surface area contributed by atoms with E-state index in [-0.39, 0.29) is 28.7 Å². The van der Waals surface area contributed by atoms with Crippen molar-refractivity contribution in [2.24, 2.45) is 0 Å². The summed E-state index contributed by atoms with van der Waals surface area (Å²) in [7, 11) is 0. The van der Waals surface area contributed by atoms with E-state index in [0.717, 1.165) is 30.6 Å². The molecule has 0 bridgehead atoms. The van der Waals surface area contributed by atoms with E-state index in [0.29, 0.717) is 13.0 Å². The molecule has 1 fully saturated rings. The maximum atomic E-state index is 12.1. The molecule has 1 aliphatic rings. The number of likely N-dealkylation sites (tertiary alicyclic amines) is 1. The van der Waals surface area contributed by atoms with E-state index in [1.165, 1.54) is 6.20 Å². The van der Waals surface area contributed by atoms with Crippen molar-refractivity contribution in [3.8, 4) is 12.3 Å². The number of halogens is 1. The molecule has 1 aliphatic heterocycles. The standard InChI is InChI=1S/C14H17ClN4O2/c1-2-7-19-14(21)13(11(15)10-17-19)16-6-5-12(20)18-8-3-4-9-18/h1,10,16H,3-9H2. The third-order valence-electron chi connectivity index (χ3n) is 3.34. The van der Waals surface area contributed by atoms with Crippen molar-refractivity contribution >= 4 is 23.2 Å². The summed E-state index contributed by atoms with van der Waals surface area (Å²) in [6, 6.07) is 0. The second kappa shape index (κ2) is 7.14. The Bertz CT molecular complexity index is 614. The number of nitrogens with one attached hydrogen (secondary N) is 1. The first-order chi connectivity index (χ1) is 10.1. The number of carbonyl (C=O) groups is 1. The Labute approximate surface area is 128 Å². The first-order valence-corrected chi connectivity index (χ1v) is 7.22. The lowest BCUT2D eigenvalue weighted by molar-refractivity contribution is -0.129. The summed E-state index contributed by atoms with van der Waals surface area (Å²) in [6.07, 6.45) is 8.99. The normalized spacial score (nSPS) is 14.0. The predicted molar refractivity (Wildman–Crippen MR) is 81.3 cm³/mol. The smallest absolute Gasteiger partial charge is 0.292 e. The Balaban J connectivity index is 1.96. The van der Waals surface area contributed by atoms with Crippen molar-refractivity contribution in [1.29, 1.82) is 0 Å².